The van der Waals surface area contributed by atoms with Crippen molar-refractivity contribution in [3.05, 3.63) is 96.1 Å². The maximum atomic E-state index is 5.57. The molecule has 0 radical (unpaired) electrons. The average molecular weight is 462 g/mol. The van der Waals surface area contributed by atoms with Crippen LogP contribution in [0, 0.1) is 6.92 Å². The fraction of sp³-hybridized carbons (Fsp3) is 0.207. The second kappa shape index (κ2) is 9.31. The predicted molar refractivity (Wildman–Crippen MR) is 139 cm³/mol. The van der Waals surface area contributed by atoms with E-state index in [0.29, 0.717) is 0 Å². The number of nitrogens with one attached hydrogen (secondary N) is 1. The predicted octanol–water partition coefficient (Wildman–Crippen LogP) is 5.66. The van der Waals surface area contributed by atoms with E-state index in [1.54, 1.807) is 6.20 Å². The second-order valence-corrected chi connectivity index (χ2v) is 8.97. The van der Waals surface area contributed by atoms with Gasteiger partial charge in [0.1, 0.15) is 0 Å². The Labute approximate surface area is 204 Å². The molecule has 0 spiro atoms. The van der Waals surface area contributed by atoms with Gasteiger partial charge in [0, 0.05) is 25.1 Å². The number of rotatable bonds is 4. The molecule has 6 nitrogen and oxygen atoms in total. The Balaban J connectivity index is 1.62. The summed E-state index contributed by atoms with van der Waals surface area (Å²) in [5, 5.41) is 4.45. The average Bonchev–Trinajstić information content (AvgIpc) is 2.90. The van der Waals surface area contributed by atoms with Crippen LogP contribution in [0.5, 0.6) is 0 Å². The number of aromatic nitrogens is 3. The van der Waals surface area contributed by atoms with Crippen LogP contribution < -0.4 is 10.7 Å². The van der Waals surface area contributed by atoms with Crippen LogP contribution in [0.4, 0.5) is 11.4 Å². The molecule has 3 aromatic rings. The minimum atomic E-state index is 0.233. The Morgan fingerprint density at radius 1 is 0.971 bits per heavy atom. The molecule has 1 aliphatic carbocycles. The molecular weight excluding hydrogens is 434 g/mol. The number of pyridine rings is 1. The van der Waals surface area contributed by atoms with Gasteiger partial charge in [0.25, 0.3) is 0 Å². The van der Waals surface area contributed by atoms with Crippen molar-refractivity contribution in [2.45, 2.75) is 25.8 Å². The van der Waals surface area contributed by atoms with Crippen molar-refractivity contribution in [1.82, 2.24) is 14.5 Å². The minimum absolute atomic E-state index is 0.233. The third-order valence-corrected chi connectivity index (χ3v) is 6.44. The van der Waals surface area contributed by atoms with Gasteiger partial charge >= 0.3 is 0 Å². The van der Waals surface area contributed by atoms with Crippen molar-refractivity contribution in [2.24, 2.45) is 4.99 Å². The monoisotopic (exact) mass is 461 g/mol. The summed E-state index contributed by atoms with van der Waals surface area (Å²) in [4.78, 5) is 14.5. The lowest BCUT2D eigenvalue weighted by Gasteiger charge is -2.22. The van der Waals surface area contributed by atoms with Gasteiger partial charge in [0.05, 0.1) is 51.4 Å². The molecule has 1 aromatic heterocycles. The number of anilines is 2. The van der Waals surface area contributed by atoms with E-state index >= 15 is 0 Å². The number of benzene rings is 3. The summed E-state index contributed by atoms with van der Waals surface area (Å²) in [7, 11) is 0. The highest BCUT2D eigenvalue weighted by atomic mass is 16.5. The first-order chi connectivity index (χ1) is 17.2. The van der Waals surface area contributed by atoms with Gasteiger partial charge in [-0.25, -0.2) is 4.98 Å². The molecule has 35 heavy (non-hydrogen) atoms. The van der Waals surface area contributed by atoms with E-state index in [9.17, 15) is 0 Å². The summed E-state index contributed by atoms with van der Waals surface area (Å²) in [6, 6.07) is 25.4. The number of para-hydroxylation sites is 2. The lowest BCUT2D eigenvalue weighted by Crippen LogP contribution is -2.23. The smallest absolute Gasteiger partial charge is 0.0900 e. The van der Waals surface area contributed by atoms with Crippen molar-refractivity contribution in [3.8, 4) is 17.1 Å². The molecule has 0 bridgehead atoms. The molecule has 174 valence electrons. The molecule has 0 amide bonds. The number of hydrogen-bond donors (Lipinski definition) is 1. The van der Waals surface area contributed by atoms with Crippen LogP contribution in [0.3, 0.4) is 0 Å². The summed E-state index contributed by atoms with van der Waals surface area (Å²) in [6.45, 7) is 3.61. The normalized spacial score (nSPS) is 15.1. The quantitative estimate of drug-likeness (QED) is 0.351. The fourth-order valence-corrected chi connectivity index (χ4v) is 4.62. The van der Waals surface area contributed by atoms with E-state index in [-0.39, 0.29) is 6.04 Å². The van der Waals surface area contributed by atoms with Crippen LogP contribution in [0.15, 0.2) is 90.2 Å². The molecule has 1 fully saturated rings. The summed E-state index contributed by atoms with van der Waals surface area (Å²) in [5.41, 5.74) is 8.12. The molecule has 3 aliphatic rings. The molecule has 1 saturated heterocycles. The zero-order chi connectivity index (χ0) is 23.6. The summed E-state index contributed by atoms with van der Waals surface area (Å²) < 4.78 is 7.86. The molecule has 6 heteroatoms. The van der Waals surface area contributed by atoms with Gasteiger partial charge in [-0.05, 0) is 68.3 Å². The van der Waals surface area contributed by atoms with Crippen LogP contribution >= 0.6 is 0 Å². The summed E-state index contributed by atoms with van der Waals surface area (Å²) >= 11 is 0. The third-order valence-electron chi connectivity index (χ3n) is 6.44. The molecule has 0 unspecified atom stereocenters. The first-order valence-electron chi connectivity index (χ1n) is 12.1. The van der Waals surface area contributed by atoms with Crippen molar-refractivity contribution in [2.75, 3.05) is 18.5 Å². The van der Waals surface area contributed by atoms with Crippen molar-refractivity contribution in [1.29, 1.82) is 0 Å². The van der Waals surface area contributed by atoms with Gasteiger partial charge in [0.2, 0.25) is 0 Å². The first kappa shape index (κ1) is 21.5. The van der Waals surface area contributed by atoms with Crippen LogP contribution in [-0.2, 0) is 4.74 Å². The molecule has 3 heterocycles. The van der Waals surface area contributed by atoms with Crippen molar-refractivity contribution < 1.29 is 4.74 Å². The van der Waals surface area contributed by atoms with E-state index in [1.165, 1.54) is 5.56 Å². The number of fused-ring (bicyclic) bond motifs is 2. The topological polar surface area (TPSA) is 64.3 Å². The molecule has 0 saturated carbocycles. The van der Waals surface area contributed by atoms with Crippen molar-refractivity contribution in [3.63, 3.8) is 0 Å². The third kappa shape index (κ3) is 4.40. The molecule has 2 aromatic carbocycles. The van der Waals surface area contributed by atoms with E-state index in [2.05, 4.69) is 76.4 Å². The van der Waals surface area contributed by atoms with Gasteiger partial charge in [0.15, 0.2) is 0 Å². The van der Waals surface area contributed by atoms with Crippen LogP contribution in [0.2, 0.25) is 0 Å². The van der Waals surface area contributed by atoms with Gasteiger partial charge < -0.3 is 14.6 Å². The van der Waals surface area contributed by atoms with E-state index in [0.717, 1.165) is 70.9 Å². The Bertz CT molecular complexity index is 1500. The van der Waals surface area contributed by atoms with Crippen molar-refractivity contribution >= 4 is 22.4 Å². The first-order valence-corrected chi connectivity index (χ1v) is 12.1. The Kier molecular flexibility index (Phi) is 5.72. The van der Waals surface area contributed by atoms with Crippen LogP contribution in [0.25, 0.3) is 28.1 Å². The highest BCUT2D eigenvalue weighted by molar-refractivity contribution is 5.84. The Hall–Kier alpha value is -4.03. The standard InChI is InChI=1S/C29H27N5O/c1-20-8-10-23(11-9-20)34-28-7-3-2-6-24(28)33-27-17-25(32-22-5-4-14-30-19-22)26(18-29(27)34)31-21-12-15-35-16-13-21/h2-11,14,17-19,21,32H,12-13,15-16H2,1H3. The lowest BCUT2D eigenvalue weighted by molar-refractivity contribution is 0.0864. The number of hydrogen-bond acceptors (Lipinski definition) is 5. The van der Waals surface area contributed by atoms with Gasteiger partial charge in [-0.3, -0.25) is 9.98 Å². The Morgan fingerprint density at radius 3 is 2.60 bits per heavy atom. The SMILES string of the molecule is Cc1ccc(-n2c3cc(=NC4CCOCC4)c(Nc4cccnc4)cc-3nc3ccccc32)cc1. The maximum Gasteiger partial charge on any atom is 0.0900 e. The van der Waals surface area contributed by atoms with E-state index in [1.807, 2.05) is 24.4 Å². The summed E-state index contributed by atoms with van der Waals surface area (Å²) in [5.74, 6) is 0. The van der Waals surface area contributed by atoms with Gasteiger partial charge in [-0.1, -0.05) is 29.8 Å². The van der Waals surface area contributed by atoms with E-state index < -0.39 is 0 Å². The second-order valence-electron chi connectivity index (χ2n) is 8.97. The Morgan fingerprint density at radius 2 is 1.80 bits per heavy atom. The van der Waals surface area contributed by atoms with Gasteiger partial charge in [-0.15, -0.1) is 0 Å². The molecule has 1 N–H and O–H groups in total. The largest absolute Gasteiger partial charge is 0.381 e. The minimum Gasteiger partial charge on any atom is -0.381 e. The number of ether oxygens (including phenoxy) is 1. The fourth-order valence-electron chi connectivity index (χ4n) is 4.62. The molecule has 0 atom stereocenters. The zero-order valence-corrected chi connectivity index (χ0v) is 19.7. The van der Waals surface area contributed by atoms with E-state index in [4.69, 9.17) is 14.7 Å². The van der Waals surface area contributed by atoms with Gasteiger partial charge in [-0.2, -0.15) is 0 Å². The highest BCUT2D eigenvalue weighted by Gasteiger charge is 2.18. The lowest BCUT2D eigenvalue weighted by atomic mass is 10.1. The molecule has 2 aliphatic heterocycles. The molecular formula is C29H27N5O. The summed E-state index contributed by atoms with van der Waals surface area (Å²) in [6.07, 6.45) is 5.45. The molecule has 6 rings (SSSR count). The number of nitrogens with zero attached hydrogens (tertiary/aromatic N) is 4. The zero-order valence-electron chi connectivity index (χ0n) is 19.7. The number of aryl methyl sites for hydroxylation is 1. The van der Waals surface area contributed by atoms with Crippen LogP contribution in [-0.4, -0.2) is 33.8 Å². The highest BCUT2D eigenvalue weighted by Crippen LogP contribution is 2.30. The maximum absolute atomic E-state index is 5.57. The van der Waals surface area contributed by atoms with Crippen LogP contribution in [0.1, 0.15) is 18.4 Å².